The lowest BCUT2D eigenvalue weighted by molar-refractivity contribution is 0.0938. The molecule has 0 atom stereocenters. The molecule has 0 spiro atoms. The first-order valence-corrected chi connectivity index (χ1v) is 5.90. The summed E-state index contributed by atoms with van der Waals surface area (Å²) in [6.07, 6.45) is 1.66. The third kappa shape index (κ3) is 3.16. The van der Waals surface area contributed by atoms with E-state index in [1.165, 1.54) is 0 Å². The van der Waals surface area contributed by atoms with Gasteiger partial charge in [-0.25, -0.2) is 4.68 Å². The molecular formula is C13H16N4O. The summed E-state index contributed by atoms with van der Waals surface area (Å²) in [5.74, 6) is -0.190. The summed E-state index contributed by atoms with van der Waals surface area (Å²) in [4.78, 5) is 11.7. The minimum absolute atomic E-state index is 0.0942. The lowest BCUT2D eigenvalue weighted by atomic mass is 10.2. The monoisotopic (exact) mass is 244 g/mol. The van der Waals surface area contributed by atoms with E-state index in [0.29, 0.717) is 12.2 Å². The maximum Gasteiger partial charge on any atom is 0.273 e. The van der Waals surface area contributed by atoms with Gasteiger partial charge >= 0.3 is 0 Å². The molecule has 5 heteroatoms. The van der Waals surface area contributed by atoms with Crippen LogP contribution in [0.5, 0.6) is 0 Å². The average Bonchev–Trinajstić information content (AvgIpc) is 2.78. The predicted octanol–water partition coefficient (Wildman–Crippen LogP) is 1.46. The fourth-order valence-electron chi connectivity index (χ4n) is 1.59. The SMILES string of the molecule is CC(C)NC(=O)c1cn(Cc2ccccc2)nn1. The van der Waals surface area contributed by atoms with Gasteiger partial charge in [-0.05, 0) is 19.4 Å². The van der Waals surface area contributed by atoms with E-state index in [1.807, 2.05) is 44.2 Å². The molecule has 0 aliphatic rings. The van der Waals surface area contributed by atoms with Crippen LogP contribution in [0.4, 0.5) is 0 Å². The number of carbonyl (C=O) groups is 1. The van der Waals surface area contributed by atoms with Crippen molar-refractivity contribution < 1.29 is 4.79 Å². The van der Waals surface area contributed by atoms with E-state index in [-0.39, 0.29) is 11.9 Å². The van der Waals surface area contributed by atoms with Gasteiger partial charge in [0.15, 0.2) is 5.69 Å². The predicted molar refractivity (Wildman–Crippen MR) is 68.2 cm³/mol. The van der Waals surface area contributed by atoms with Crippen molar-refractivity contribution >= 4 is 5.91 Å². The van der Waals surface area contributed by atoms with Crippen LogP contribution in [0, 0.1) is 0 Å². The van der Waals surface area contributed by atoms with Crippen LogP contribution in [0.1, 0.15) is 29.9 Å². The summed E-state index contributed by atoms with van der Waals surface area (Å²) < 4.78 is 1.66. The van der Waals surface area contributed by atoms with Gasteiger partial charge in [-0.3, -0.25) is 4.79 Å². The summed E-state index contributed by atoms with van der Waals surface area (Å²) in [6.45, 7) is 4.43. The third-order valence-electron chi connectivity index (χ3n) is 2.38. The molecule has 1 aromatic heterocycles. The summed E-state index contributed by atoms with van der Waals surface area (Å²) in [5, 5.41) is 10.6. The number of aromatic nitrogens is 3. The van der Waals surface area contributed by atoms with Crippen molar-refractivity contribution in [2.24, 2.45) is 0 Å². The lowest BCUT2D eigenvalue weighted by Crippen LogP contribution is -2.30. The van der Waals surface area contributed by atoms with Crippen molar-refractivity contribution in [3.05, 3.63) is 47.8 Å². The number of rotatable bonds is 4. The first-order valence-electron chi connectivity index (χ1n) is 5.90. The first-order chi connectivity index (χ1) is 8.65. The minimum Gasteiger partial charge on any atom is -0.348 e. The van der Waals surface area contributed by atoms with Crippen molar-refractivity contribution in [2.75, 3.05) is 0 Å². The Hall–Kier alpha value is -2.17. The number of nitrogens with zero attached hydrogens (tertiary/aromatic N) is 3. The maximum atomic E-state index is 11.7. The Bertz CT molecular complexity index is 519. The van der Waals surface area contributed by atoms with Gasteiger partial charge in [-0.15, -0.1) is 5.10 Å². The first kappa shape index (κ1) is 12.3. The highest BCUT2D eigenvalue weighted by molar-refractivity contribution is 5.91. The molecule has 0 unspecified atom stereocenters. The highest BCUT2D eigenvalue weighted by Crippen LogP contribution is 2.02. The summed E-state index contributed by atoms with van der Waals surface area (Å²) in [5.41, 5.74) is 1.47. The van der Waals surface area contributed by atoms with Crippen molar-refractivity contribution in [1.82, 2.24) is 20.3 Å². The van der Waals surface area contributed by atoms with Gasteiger partial charge in [-0.2, -0.15) is 0 Å². The van der Waals surface area contributed by atoms with Crippen LogP contribution in [-0.2, 0) is 6.54 Å². The molecule has 0 saturated carbocycles. The Morgan fingerprint density at radius 1 is 1.33 bits per heavy atom. The number of hydrogen-bond donors (Lipinski definition) is 1. The fraction of sp³-hybridized carbons (Fsp3) is 0.308. The quantitative estimate of drug-likeness (QED) is 0.885. The van der Waals surface area contributed by atoms with Crippen molar-refractivity contribution in [2.45, 2.75) is 26.4 Å². The molecule has 1 aromatic carbocycles. The van der Waals surface area contributed by atoms with Gasteiger partial charge in [0.05, 0.1) is 12.7 Å². The van der Waals surface area contributed by atoms with Crippen LogP contribution >= 0.6 is 0 Å². The summed E-state index contributed by atoms with van der Waals surface area (Å²) in [6, 6.07) is 10.0. The molecule has 5 nitrogen and oxygen atoms in total. The molecule has 2 aromatic rings. The van der Waals surface area contributed by atoms with Crippen LogP contribution in [0.2, 0.25) is 0 Å². The number of amides is 1. The summed E-state index contributed by atoms with van der Waals surface area (Å²) >= 11 is 0. The van der Waals surface area contributed by atoms with E-state index < -0.39 is 0 Å². The van der Waals surface area contributed by atoms with Crippen LogP contribution in [-0.4, -0.2) is 26.9 Å². The molecule has 0 bridgehead atoms. The highest BCUT2D eigenvalue weighted by atomic mass is 16.2. The normalized spacial score (nSPS) is 10.6. The van der Waals surface area contributed by atoms with Crippen LogP contribution in [0.3, 0.4) is 0 Å². The Balaban J connectivity index is 2.04. The number of benzene rings is 1. The molecule has 1 heterocycles. The fourth-order valence-corrected chi connectivity index (χ4v) is 1.59. The molecule has 0 aliphatic heterocycles. The Morgan fingerprint density at radius 2 is 2.06 bits per heavy atom. The van der Waals surface area contributed by atoms with Gasteiger partial charge in [0.1, 0.15) is 0 Å². The molecule has 1 N–H and O–H groups in total. The third-order valence-corrected chi connectivity index (χ3v) is 2.38. The van der Waals surface area contributed by atoms with Gasteiger partial charge in [0, 0.05) is 6.04 Å². The second kappa shape index (κ2) is 5.44. The number of carbonyl (C=O) groups excluding carboxylic acids is 1. The topological polar surface area (TPSA) is 59.8 Å². The Kier molecular flexibility index (Phi) is 3.72. The van der Waals surface area contributed by atoms with E-state index >= 15 is 0 Å². The van der Waals surface area contributed by atoms with Crippen molar-refractivity contribution in [1.29, 1.82) is 0 Å². The molecule has 1 amide bonds. The second-order valence-corrected chi connectivity index (χ2v) is 4.42. The highest BCUT2D eigenvalue weighted by Gasteiger charge is 2.11. The summed E-state index contributed by atoms with van der Waals surface area (Å²) in [7, 11) is 0. The molecule has 0 fully saturated rings. The van der Waals surface area contributed by atoms with E-state index in [2.05, 4.69) is 15.6 Å². The number of hydrogen-bond acceptors (Lipinski definition) is 3. The van der Waals surface area contributed by atoms with Crippen LogP contribution in [0.25, 0.3) is 0 Å². The van der Waals surface area contributed by atoms with E-state index in [4.69, 9.17) is 0 Å². The molecular weight excluding hydrogens is 228 g/mol. The minimum atomic E-state index is -0.190. The van der Waals surface area contributed by atoms with Crippen LogP contribution in [0.15, 0.2) is 36.5 Å². The molecule has 0 aliphatic carbocycles. The van der Waals surface area contributed by atoms with Gasteiger partial charge in [0.2, 0.25) is 0 Å². The second-order valence-electron chi connectivity index (χ2n) is 4.42. The largest absolute Gasteiger partial charge is 0.348 e. The molecule has 2 rings (SSSR count). The standard InChI is InChI=1S/C13H16N4O/c1-10(2)14-13(18)12-9-17(16-15-12)8-11-6-4-3-5-7-11/h3-7,9-10H,8H2,1-2H3,(H,14,18). The van der Waals surface area contributed by atoms with E-state index in [9.17, 15) is 4.79 Å². The van der Waals surface area contributed by atoms with Crippen molar-refractivity contribution in [3.8, 4) is 0 Å². The number of nitrogens with one attached hydrogen (secondary N) is 1. The van der Waals surface area contributed by atoms with E-state index in [1.54, 1.807) is 10.9 Å². The smallest absolute Gasteiger partial charge is 0.273 e. The molecule has 0 radical (unpaired) electrons. The van der Waals surface area contributed by atoms with Crippen molar-refractivity contribution in [3.63, 3.8) is 0 Å². The van der Waals surface area contributed by atoms with E-state index in [0.717, 1.165) is 5.56 Å². The van der Waals surface area contributed by atoms with Crippen LogP contribution < -0.4 is 5.32 Å². The van der Waals surface area contributed by atoms with Gasteiger partial charge < -0.3 is 5.32 Å². The lowest BCUT2D eigenvalue weighted by Gasteiger charge is -2.04. The zero-order valence-electron chi connectivity index (χ0n) is 10.5. The zero-order valence-corrected chi connectivity index (χ0v) is 10.5. The average molecular weight is 244 g/mol. The Labute approximate surface area is 106 Å². The molecule has 18 heavy (non-hydrogen) atoms. The Morgan fingerprint density at radius 3 is 2.72 bits per heavy atom. The van der Waals surface area contributed by atoms with Gasteiger partial charge in [-0.1, -0.05) is 35.5 Å². The molecule has 94 valence electrons. The zero-order chi connectivity index (χ0) is 13.0. The maximum absolute atomic E-state index is 11.7. The van der Waals surface area contributed by atoms with Gasteiger partial charge in [0.25, 0.3) is 5.91 Å². The molecule has 0 saturated heterocycles.